The molecule has 0 radical (unpaired) electrons. The van der Waals surface area contributed by atoms with Crippen molar-refractivity contribution in [1.29, 1.82) is 0 Å². The summed E-state index contributed by atoms with van der Waals surface area (Å²) >= 11 is 0. The van der Waals surface area contributed by atoms with Gasteiger partial charge in [0.25, 0.3) is 5.91 Å². The van der Waals surface area contributed by atoms with Crippen molar-refractivity contribution in [3.05, 3.63) is 30.1 Å². The minimum atomic E-state index is 0.0778. The number of nitrogens with zero attached hydrogens (tertiary/aromatic N) is 3. The molecule has 5 heteroatoms. The average molecular weight is 287 g/mol. The number of piperidine rings is 1. The summed E-state index contributed by atoms with van der Waals surface area (Å²) in [5.41, 5.74) is 0.696. The van der Waals surface area contributed by atoms with E-state index in [1.165, 1.54) is 0 Å². The minimum absolute atomic E-state index is 0.0778. The quantitative estimate of drug-likeness (QED) is 0.787. The number of amides is 2. The van der Waals surface area contributed by atoms with Gasteiger partial charge in [-0.15, -0.1) is 0 Å². The van der Waals surface area contributed by atoms with Gasteiger partial charge in [0.05, 0.1) is 0 Å². The molecule has 0 aromatic carbocycles. The number of aromatic nitrogens is 1. The molecule has 1 aromatic rings. The second kappa shape index (κ2) is 5.84. The van der Waals surface area contributed by atoms with E-state index in [0.29, 0.717) is 23.9 Å². The maximum absolute atomic E-state index is 12.5. The van der Waals surface area contributed by atoms with Gasteiger partial charge in [0, 0.05) is 50.6 Å². The Hall–Kier alpha value is -1.91. The number of rotatable bonds is 1. The van der Waals surface area contributed by atoms with Crippen molar-refractivity contribution in [3.63, 3.8) is 0 Å². The highest BCUT2D eigenvalue weighted by Crippen LogP contribution is 2.30. The van der Waals surface area contributed by atoms with Crippen LogP contribution in [-0.4, -0.2) is 52.8 Å². The summed E-state index contributed by atoms with van der Waals surface area (Å²) in [7, 11) is 1.91. The Morgan fingerprint density at radius 1 is 1.29 bits per heavy atom. The zero-order chi connectivity index (χ0) is 14.8. The molecular weight excluding hydrogens is 266 g/mol. The van der Waals surface area contributed by atoms with Gasteiger partial charge in [-0.25, -0.2) is 0 Å². The van der Waals surface area contributed by atoms with Gasteiger partial charge >= 0.3 is 0 Å². The lowest BCUT2D eigenvalue weighted by Gasteiger charge is -2.41. The first-order valence-corrected chi connectivity index (χ1v) is 7.62. The summed E-state index contributed by atoms with van der Waals surface area (Å²) in [5.74, 6) is 0.728. The molecule has 2 atom stereocenters. The third-order valence-corrected chi connectivity index (χ3v) is 4.76. The number of likely N-dealkylation sites (tertiary alicyclic amines) is 2. The lowest BCUT2D eigenvalue weighted by Crippen LogP contribution is -2.51. The Morgan fingerprint density at radius 3 is 2.81 bits per heavy atom. The van der Waals surface area contributed by atoms with Crippen molar-refractivity contribution in [3.8, 4) is 0 Å². The number of hydrogen-bond donors (Lipinski definition) is 0. The molecule has 112 valence electrons. The van der Waals surface area contributed by atoms with Crippen molar-refractivity contribution >= 4 is 11.8 Å². The van der Waals surface area contributed by atoms with E-state index in [2.05, 4.69) is 4.98 Å². The molecule has 0 N–H and O–H groups in total. The van der Waals surface area contributed by atoms with Crippen LogP contribution in [0.5, 0.6) is 0 Å². The van der Waals surface area contributed by atoms with Crippen LogP contribution in [0.15, 0.2) is 24.5 Å². The van der Waals surface area contributed by atoms with Crippen LogP contribution in [0, 0.1) is 5.92 Å². The van der Waals surface area contributed by atoms with E-state index in [4.69, 9.17) is 0 Å². The van der Waals surface area contributed by atoms with Gasteiger partial charge in [-0.3, -0.25) is 14.6 Å². The topological polar surface area (TPSA) is 53.5 Å². The second-order valence-corrected chi connectivity index (χ2v) is 6.00. The number of fused-ring (bicyclic) bond motifs is 1. The lowest BCUT2D eigenvalue weighted by molar-refractivity contribution is -0.132. The van der Waals surface area contributed by atoms with Gasteiger partial charge in [0.15, 0.2) is 0 Å². The molecule has 0 spiro atoms. The van der Waals surface area contributed by atoms with Crippen LogP contribution in [0.3, 0.4) is 0 Å². The number of pyridine rings is 1. The summed E-state index contributed by atoms with van der Waals surface area (Å²) in [6.07, 6.45) is 6.78. The molecule has 0 bridgehead atoms. The van der Waals surface area contributed by atoms with Crippen LogP contribution >= 0.6 is 0 Å². The van der Waals surface area contributed by atoms with Crippen LogP contribution in [0.2, 0.25) is 0 Å². The molecule has 2 saturated heterocycles. The zero-order valence-electron chi connectivity index (χ0n) is 12.4. The van der Waals surface area contributed by atoms with Crippen LogP contribution < -0.4 is 0 Å². The van der Waals surface area contributed by atoms with Crippen LogP contribution in [0.25, 0.3) is 0 Å². The monoisotopic (exact) mass is 287 g/mol. The SMILES string of the molecule is CN1C(=O)CCC[C@H]2CN(C(=O)c3ccncc3)CC[C@H]21. The third-order valence-electron chi connectivity index (χ3n) is 4.76. The molecule has 3 heterocycles. The van der Waals surface area contributed by atoms with Gasteiger partial charge < -0.3 is 9.80 Å². The normalized spacial score (nSPS) is 26.2. The summed E-state index contributed by atoms with van der Waals surface area (Å²) in [6.45, 7) is 1.48. The van der Waals surface area contributed by atoms with E-state index in [1.807, 2.05) is 16.8 Å². The fourth-order valence-electron chi connectivity index (χ4n) is 3.55. The first kappa shape index (κ1) is 14.0. The fraction of sp³-hybridized carbons (Fsp3) is 0.562. The molecule has 0 aliphatic carbocycles. The van der Waals surface area contributed by atoms with Crippen LogP contribution in [0.1, 0.15) is 36.0 Å². The van der Waals surface area contributed by atoms with Crippen molar-refractivity contribution in [1.82, 2.24) is 14.8 Å². The third kappa shape index (κ3) is 2.77. The van der Waals surface area contributed by atoms with E-state index < -0.39 is 0 Å². The molecule has 5 nitrogen and oxygen atoms in total. The Bertz CT molecular complexity index is 532. The Labute approximate surface area is 124 Å². The molecule has 21 heavy (non-hydrogen) atoms. The highest BCUT2D eigenvalue weighted by molar-refractivity contribution is 5.94. The van der Waals surface area contributed by atoms with Crippen LogP contribution in [-0.2, 0) is 4.79 Å². The first-order valence-electron chi connectivity index (χ1n) is 7.62. The molecule has 2 fully saturated rings. The van der Waals surface area contributed by atoms with Gasteiger partial charge in [-0.2, -0.15) is 0 Å². The molecule has 0 saturated carbocycles. The highest BCUT2D eigenvalue weighted by atomic mass is 16.2. The molecule has 2 aliphatic heterocycles. The fourth-order valence-corrected chi connectivity index (χ4v) is 3.55. The predicted molar refractivity (Wildman–Crippen MR) is 78.7 cm³/mol. The number of carbonyl (C=O) groups is 2. The minimum Gasteiger partial charge on any atom is -0.342 e. The average Bonchev–Trinajstić information content (AvgIpc) is 2.67. The lowest BCUT2D eigenvalue weighted by atomic mass is 9.88. The van der Waals surface area contributed by atoms with Crippen molar-refractivity contribution in [2.24, 2.45) is 5.92 Å². The molecule has 2 aliphatic rings. The van der Waals surface area contributed by atoms with E-state index in [1.54, 1.807) is 24.5 Å². The van der Waals surface area contributed by atoms with Crippen molar-refractivity contribution in [2.45, 2.75) is 31.7 Å². The standard InChI is InChI=1S/C16H21N3O2/c1-18-14-7-10-19(11-13(14)3-2-4-15(18)20)16(21)12-5-8-17-9-6-12/h5-6,8-9,13-14H,2-4,7,10-11H2,1H3/t13-,14+/m0/s1. The van der Waals surface area contributed by atoms with Crippen molar-refractivity contribution < 1.29 is 9.59 Å². The first-order chi connectivity index (χ1) is 10.2. The van der Waals surface area contributed by atoms with E-state index in [0.717, 1.165) is 32.4 Å². The molecule has 3 rings (SSSR count). The summed E-state index contributed by atoms with van der Waals surface area (Å²) < 4.78 is 0. The maximum Gasteiger partial charge on any atom is 0.253 e. The van der Waals surface area contributed by atoms with E-state index in [-0.39, 0.29) is 11.8 Å². The molecular formula is C16H21N3O2. The summed E-state index contributed by atoms with van der Waals surface area (Å²) in [4.78, 5) is 32.3. The van der Waals surface area contributed by atoms with E-state index in [9.17, 15) is 9.59 Å². The molecule has 2 amide bonds. The molecule has 1 aromatic heterocycles. The van der Waals surface area contributed by atoms with Gasteiger partial charge in [0.2, 0.25) is 5.91 Å². The number of hydrogen-bond acceptors (Lipinski definition) is 3. The second-order valence-electron chi connectivity index (χ2n) is 6.00. The highest BCUT2D eigenvalue weighted by Gasteiger charge is 2.37. The van der Waals surface area contributed by atoms with E-state index >= 15 is 0 Å². The predicted octanol–water partition coefficient (Wildman–Crippen LogP) is 1.55. The van der Waals surface area contributed by atoms with Crippen LogP contribution in [0.4, 0.5) is 0 Å². The Morgan fingerprint density at radius 2 is 2.05 bits per heavy atom. The largest absolute Gasteiger partial charge is 0.342 e. The van der Waals surface area contributed by atoms with Crippen molar-refractivity contribution in [2.75, 3.05) is 20.1 Å². The summed E-state index contributed by atoms with van der Waals surface area (Å²) in [6, 6.07) is 3.82. The Kier molecular flexibility index (Phi) is 3.90. The Balaban J connectivity index is 1.72. The zero-order valence-corrected chi connectivity index (χ0v) is 12.4. The maximum atomic E-state index is 12.5. The summed E-state index contributed by atoms with van der Waals surface area (Å²) in [5, 5.41) is 0. The van der Waals surface area contributed by atoms with Gasteiger partial charge in [-0.1, -0.05) is 0 Å². The smallest absolute Gasteiger partial charge is 0.253 e. The number of carbonyl (C=O) groups excluding carboxylic acids is 2. The molecule has 0 unspecified atom stereocenters. The van der Waals surface area contributed by atoms with Gasteiger partial charge in [0.1, 0.15) is 0 Å². The van der Waals surface area contributed by atoms with Gasteiger partial charge in [-0.05, 0) is 37.3 Å².